The first-order valence-electron chi connectivity index (χ1n) is 9.09. The molecule has 1 aliphatic heterocycles. The summed E-state index contributed by atoms with van der Waals surface area (Å²) in [7, 11) is 0. The molecule has 1 fully saturated rings. The highest BCUT2D eigenvalue weighted by Crippen LogP contribution is 2.31. The topological polar surface area (TPSA) is 49.4 Å². The summed E-state index contributed by atoms with van der Waals surface area (Å²) in [4.78, 5) is 27.4. The van der Waals surface area contributed by atoms with E-state index in [0.29, 0.717) is 25.1 Å². The predicted octanol–water partition coefficient (Wildman–Crippen LogP) is 3.62. The van der Waals surface area contributed by atoms with Gasteiger partial charge in [-0.25, -0.2) is 0 Å². The van der Waals surface area contributed by atoms with Gasteiger partial charge in [0, 0.05) is 18.7 Å². The van der Waals surface area contributed by atoms with Gasteiger partial charge in [-0.3, -0.25) is 9.59 Å². The largest absolute Gasteiger partial charge is 0.354 e. The lowest BCUT2D eigenvalue weighted by Crippen LogP contribution is -2.37. The van der Waals surface area contributed by atoms with Gasteiger partial charge in [0.25, 0.3) is 5.91 Å². The molecule has 0 spiro atoms. The van der Waals surface area contributed by atoms with E-state index < -0.39 is 0 Å². The Kier molecular flexibility index (Phi) is 5.12. The maximum absolute atomic E-state index is 13.3. The van der Waals surface area contributed by atoms with Crippen molar-refractivity contribution in [3.8, 4) is 0 Å². The number of nitrogens with one attached hydrogen (secondary N) is 1. The van der Waals surface area contributed by atoms with E-state index in [0.717, 1.165) is 22.3 Å². The van der Waals surface area contributed by atoms with Crippen molar-refractivity contribution in [3.05, 3.63) is 69.8 Å². The van der Waals surface area contributed by atoms with Crippen LogP contribution in [0.2, 0.25) is 0 Å². The first-order valence-corrected chi connectivity index (χ1v) is 9.09. The smallest absolute Gasteiger partial charge is 0.254 e. The van der Waals surface area contributed by atoms with E-state index in [2.05, 4.69) is 31.3 Å². The van der Waals surface area contributed by atoms with Gasteiger partial charge < -0.3 is 10.2 Å². The molecule has 2 amide bonds. The van der Waals surface area contributed by atoms with Crippen molar-refractivity contribution in [2.75, 3.05) is 13.1 Å². The molecule has 4 heteroatoms. The van der Waals surface area contributed by atoms with Gasteiger partial charge in [0.1, 0.15) is 0 Å². The van der Waals surface area contributed by atoms with Crippen molar-refractivity contribution in [3.63, 3.8) is 0 Å². The van der Waals surface area contributed by atoms with Gasteiger partial charge in [-0.05, 0) is 56.5 Å². The summed E-state index contributed by atoms with van der Waals surface area (Å²) in [6.45, 7) is 9.11. The van der Waals surface area contributed by atoms with Crippen LogP contribution in [0.1, 0.15) is 50.6 Å². The average Bonchev–Trinajstić information content (AvgIpc) is 2.77. The molecule has 1 aliphatic rings. The molecule has 1 saturated heterocycles. The summed E-state index contributed by atoms with van der Waals surface area (Å²) in [5, 5.41) is 2.90. The minimum atomic E-state index is -0.245. The molecular formula is C22H26N2O2. The summed E-state index contributed by atoms with van der Waals surface area (Å²) in [5.74, 6) is -0.0224. The fraction of sp³-hybridized carbons (Fsp3) is 0.364. The van der Waals surface area contributed by atoms with Crippen LogP contribution < -0.4 is 5.32 Å². The minimum absolute atomic E-state index is 0.00775. The van der Waals surface area contributed by atoms with E-state index in [1.165, 1.54) is 5.56 Å². The van der Waals surface area contributed by atoms with Crippen LogP contribution in [0, 0.1) is 27.7 Å². The molecule has 0 aromatic heterocycles. The number of hydrogen-bond acceptors (Lipinski definition) is 2. The Morgan fingerprint density at radius 2 is 1.77 bits per heavy atom. The molecule has 2 aromatic carbocycles. The lowest BCUT2D eigenvalue weighted by atomic mass is 9.93. The fourth-order valence-corrected chi connectivity index (χ4v) is 3.75. The molecule has 0 saturated carbocycles. The number of rotatable bonds is 2. The minimum Gasteiger partial charge on any atom is -0.354 e. The second-order valence-corrected chi connectivity index (χ2v) is 7.23. The molecule has 1 atom stereocenters. The third-order valence-corrected chi connectivity index (χ3v) is 5.16. The van der Waals surface area contributed by atoms with E-state index in [4.69, 9.17) is 0 Å². The number of hydrogen-bond donors (Lipinski definition) is 1. The summed E-state index contributed by atoms with van der Waals surface area (Å²) >= 11 is 0. The number of benzene rings is 2. The van der Waals surface area contributed by atoms with E-state index in [1.807, 2.05) is 43.0 Å². The number of carbonyl (C=O) groups excluding carboxylic acids is 2. The Morgan fingerprint density at radius 3 is 2.46 bits per heavy atom. The normalized spacial score (nSPS) is 17.6. The van der Waals surface area contributed by atoms with Crippen LogP contribution in [0.3, 0.4) is 0 Å². The van der Waals surface area contributed by atoms with E-state index in [1.54, 1.807) is 0 Å². The highest BCUT2D eigenvalue weighted by molar-refractivity contribution is 5.95. The van der Waals surface area contributed by atoms with Crippen LogP contribution in [0.15, 0.2) is 36.4 Å². The van der Waals surface area contributed by atoms with Crippen LogP contribution >= 0.6 is 0 Å². The molecule has 26 heavy (non-hydrogen) atoms. The van der Waals surface area contributed by atoms with Crippen molar-refractivity contribution < 1.29 is 9.59 Å². The van der Waals surface area contributed by atoms with Crippen molar-refractivity contribution in [2.24, 2.45) is 0 Å². The second kappa shape index (κ2) is 7.32. The van der Waals surface area contributed by atoms with Crippen LogP contribution in [0.4, 0.5) is 0 Å². The maximum Gasteiger partial charge on any atom is 0.254 e. The molecule has 2 aromatic rings. The monoisotopic (exact) mass is 350 g/mol. The van der Waals surface area contributed by atoms with Gasteiger partial charge in [0.05, 0.1) is 12.5 Å². The van der Waals surface area contributed by atoms with Gasteiger partial charge in [-0.15, -0.1) is 0 Å². The Hall–Kier alpha value is -2.62. The maximum atomic E-state index is 13.3. The molecule has 3 rings (SSSR count). The van der Waals surface area contributed by atoms with Gasteiger partial charge in [0.15, 0.2) is 0 Å². The van der Waals surface area contributed by atoms with Crippen LogP contribution in [-0.2, 0) is 4.79 Å². The van der Waals surface area contributed by atoms with E-state index in [9.17, 15) is 9.59 Å². The Morgan fingerprint density at radius 1 is 1.08 bits per heavy atom. The quantitative estimate of drug-likeness (QED) is 0.899. The van der Waals surface area contributed by atoms with Crippen molar-refractivity contribution >= 4 is 11.8 Å². The standard InChI is InChI=1S/C22H26N2O2/c1-14-10-15(2)12-18(11-14)22(26)24-9-8-23-21(25)13-20(24)19-7-5-6-16(3)17(19)4/h5-7,10-12,20H,8-9,13H2,1-4H3,(H,23,25). The molecule has 1 N–H and O–H groups in total. The molecule has 0 bridgehead atoms. The van der Waals surface area contributed by atoms with Gasteiger partial charge in [-0.1, -0.05) is 35.4 Å². The highest BCUT2D eigenvalue weighted by Gasteiger charge is 2.31. The van der Waals surface area contributed by atoms with E-state index >= 15 is 0 Å². The number of aryl methyl sites for hydroxylation is 3. The average molecular weight is 350 g/mol. The summed E-state index contributed by atoms with van der Waals surface area (Å²) in [6.07, 6.45) is 0.292. The third kappa shape index (κ3) is 3.64. The molecule has 1 unspecified atom stereocenters. The molecule has 4 nitrogen and oxygen atoms in total. The van der Waals surface area contributed by atoms with E-state index in [-0.39, 0.29) is 17.9 Å². The van der Waals surface area contributed by atoms with Crippen LogP contribution in [-0.4, -0.2) is 29.8 Å². The SMILES string of the molecule is Cc1cc(C)cc(C(=O)N2CCNC(=O)CC2c2cccc(C)c2C)c1. The first-order chi connectivity index (χ1) is 12.4. The first kappa shape index (κ1) is 18.2. The third-order valence-electron chi connectivity index (χ3n) is 5.16. The molecule has 1 heterocycles. The van der Waals surface area contributed by atoms with Gasteiger partial charge in [0.2, 0.25) is 5.91 Å². The Balaban J connectivity index is 2.04. The predicted molar refractivity (Wildman–Crippen MR) is 103 cm³/mol. The lowest BCUT2D eigenvalue weighted by molar-refractivity contribution is -0.121. The lowest BCUT2D eigenvalue weighted by Gasteiger charge is -2.31. The zero-order chi connectivity index (χ0) is 18.8. The van der Waals surface area contributed by atoms with Gasteiger partial charge >= 0.3 is 0 Å². The zero-order valence-electron chi connectivity index (χ0n) is 15.9. The molecule has 136 valence electrons. The number of carbonyl (C=O) groups is 2. The van der Waals surface area contributed by atoms with Crippen LogP contribution in [0.5, 0.6) is 0 Å². The van der Waals surface area contributed by atoms with Crippen molar-refractivity contribution in [2.45, 2.75) is 40.2 Å². The number of amides is 2. The Labute approximate surface area is 155 Å². The summed E-state index contributed by atoms with van der Waals surface area (Å²) in [5.41, 5.74) is 6.20. The number of nitrogens with zero attached hydrogens (tertiary/aromatic N) is 1. The van der Waals surface area contributed by atoms with Gasteiger partial charge in [-0.2, -0.15) is 0 Å². The summed E-state index contributed by atoms with van der Waals surface area (Å²) < 4.78 is 0. The molecule has 0 radical (unpaired) electrons. The summed E-state index contributed by atoms with van der Waals surface area (Å²) in [6, 6.07) is 11.8. The van der Waals surface area contributed by atoms with Crippen LogP contribution in [0.25, 0.3) is 0 Å². The van der Waals surface area contributed by atoms with Crippen molar-refractivity contribution in [1.82, 2.24) is 10.2 Å². The molecular weight excluding hydrogens is 324 g/mol. The molecule has 0 aliphatic carbocycles. The highest BCUT2D eigenvalue weighted by atomic mass is 16.2. The Bertz CT molecular complexity index is 837. The zero-order valence-corrected chi connectivity index (χ0v) is 15.9. The fourth-order valence-electron chi connectivity index (χ4n) is 3.75. The van der Waals surface area contributed by atoms with Crippen molar-refractivity contribution in [1.29, 1.82) is 0 Å². The second-order valence-electron chi connectivity index (χ2n) is 7.23.